The van der Waals surface area contributed by atoms with Crippen molar-refractivity contribution in [3.05, 3.63) is 95.2 Å². The number of unbranched alkanes of at least 4 members (excludes halogenated alkanes) is 1. The summed E-state index contributed by atoms with van der Waals surface area (Å²) in [5.41, 5.74) is 0.251. The van der Waals surface area contributed by atoms with Crippen LogP contribution in [0.15, 0.2) is 77.7 Å². The summed E-state index contributed by atoms with van der Waals surface area (Å²) in [6.45, 7) is 10.3. The highest BCUT2D eigenvalue weighted by atomic mass is 35.5. The second-order valence-corrected chi connectivity index (χ2v) is 18.6. The Morgan fingerprint density at radius 1 is 1.04 bits per heavy atom. The highest BCUT2D eigenvalue weighted by Gasteiger charge is 2.51. The Hall–Kier alpha value is -5.97. The van der Waals surface area contributed by atoms with E-state index in [1.54, 1.807) is 49.2 Å². The molecule has 0 saturated carbocycles. The molecule has 2 aliphatic rings. The SMILES string of the molecule is CC(C)(C)C(NC(=O)COCCCOCCCCOc1ccc(N2C(=S)N(c3cc(Cl)c(C#N)cc3F)C(=O)C2(C)C)cc1)C(=O)N1C[C@H](O)C[C@H]1C(=O)NCc1ccc(-c2cnco2)cc1. The average molecular weight is 961 g/mol. The minimum atomic E-state index is -1.14. The Kier molecular flexibility index (Phi) is 16.7. The number of anilines is 2. The normalized spacial score (nSPS) is 17.4. The number of β-amino-alcohol motifs (C(OH)–C–C–N with tert-alkyl or cyclic N) is 1. The number of nitrogens with one attached hydrogen (secondary N) is 2. The van der Waals surface area contributed by atoms with Gasteiger partial charge in [-0.1, -0.05) is 56.6 Å². The van der Waals surface area contributed by atoms with E-state index in [0.717, 1.165) is 34.9 Å². The molecular weight excluding hydrogens is 905 g/mol. The topological polar surface area (TPSA) is 200 Å². The molecule has 2 fully saturated rings. The molecule has 6 rings (SSSR count). The molecule has 4 amide bonds. The van der Waals surface area contributed by atoms with Crippen molar-refractivity contribution >= 4 is 63.9 Å². The van der Waals surface area contributed by atoms with E-state index < -0.39 is 58.6 Å². The molecule has 16 nitrogen and oxygen atoms in total. The van der Waals surface area contributed by atoms with Crippen LogP contribution in [0.1, 0.15) is 71.4 Å². The number of hydrogen-bond acceptors (Lipinski definition) is 12. The molecule has 3 aromatic carbocycles. The van der Waals surface area contributed by atoms with Gasteiger partial charge in [-0.25, -0.2) is 9.37 Å². The van der Waals surface area contributed by atoms with E-state index in [1.165, 1.54) is 17.4 Å². The Morgan fingerprint density at radius 2 is 1.73 bits per heavy atom. The predicted octanol–water partition coefficient (Wildman–Crippen LogP) is 6.31. The summed E-state index contributed by atoms with van der Waals surface area (Å²) in [6, 6.07) is 16.6. The lowest BCUT2D eigenvalue weighted by molar-refractivity contribution is -0.144. The molecule has 1 aromatic heterocycles. The van der Waals surface area contributed by atoms with Crippen molar-refractivity contribution in [3.8, 4) is 23.1 Å². The highest BCUT2D eigenvalue weighted by molar-refractivity contribution is 7.81. The number of amides is 4. The Morgan fingerprint density at radius 3 is 2.40 bits per heavy atom. The third-order valence-electron chi connectivity index (χ3n) is 11.3. The number of aliphatic hydroxyl groups excluding tert-OH is 1. The Balaban J connectivity index is 0.859. The minimum Gasteiger partial charge on any atom is -0.494 e. The monoisotopic (exact) mass is 959 g/mol. The summed E-state index contributed by atoms with van der Waals surface area (Å²) >= 11 is 11.8. The molecule has 19 heteroatoms. The van der Waals surface area contributed by atoms with Crippen molar-refractivity contribution in [2.45, 2.75) is 90.6 Å². The smallest absolute Gasteiger partial charge is 0.259 e. The number of oxazole rings is 1. The zero-order valence-corrected chi connectivity index (χ0v) is 39.6. The maximum Gasteiger partial charge on any atom is 0.259 e. The van der Waals surface area contributed by atoms with E-state index in [2.05, 4.69) is 15.6 Å². The third kappa shape index (κ3) is 12.3. The third-order valence-corrected chi connectivity index (χ3v) is 12.0. The molecule has 0 radical (unpaired) electrons. The number of nitriles is 1. The number of carbonyl (C=O) groups excluding carboxylic acids is 4. The summed E-state index contributed by atoms with van der Waals surface area (Å²) in [6.07, 6.45) is 4.16. The lowest BCUT2D eigenvalue weighted by atomic mass is 9.85. The van der Waals surface area contributed by atoms with Crippen molar-refractivity contribution in [1.82, 2.24) is 20.5 Å². The van der Waals surface area contributed by atoms with Crippen LogP contribution in [0.25, 0.3) is 11.3 Å². The van der Waals surface area contributed by atoms with E-state index in [1.807, 2.05) is 51.1 Å². The van der Waals surface area contributed by atoms with Gasteiger partial charge in [0.25, 0.3) is 5.91 Å². The number of benzene rings is 3. The van der Waals surface area contributed by atoms with Gasteiger partial charge in [0, 0.05) is 50.6 Å². The van der Waals surface area contributed by atoms with Gasteiger partial charge in [-0.15, -0.1) is 0 Å². The molecule has 0 aliphatic carbocycles. The zero-order chi connectivity index (χ0) is 48.5. The van der Waals surface area contributed by atoms with Gasteiger partial charge < -0.3 is 44.2 Å². The molecule has 2 saturated heterocycles. The number of hydrogen-bond donors (Lipinski definition) is 3. The maximum absolute atomic E-state index is 15.0. The molecule has 1 unspecified atom stereocenters. The first-order valence-corrected chi connectivity index (χ1v) is 22.7. The van der Waals surface area contributed by atoms with Gasteiger partial charge >= 0.3 is 0 Å². The van der Waals surface area contributed by atoms with E-state index in [-0.39, 0.29) is 54.1 Å². The van der Waals surface area contributed by atoms with Gasteiger partial charge in [-0.05, 0) is 92.7 Å². The van der Waals surface area contributed by atoms with Gasteiger partial charge in [0.1, 0.15) is 41.9 Å². The average Bonchev–Trinajstić information content (AvgIpc) is 4.02. The minimum absolute atomic E-state index is 0.00732. The van der Waals surface area contributed by atoms with Crippen molar-refractivity contribution in [2.24, 2.45) is 5.41 Å². The van der Waals surface area contributed by atoms with Gasteiger partial charge in [0.2, 0.25) is 17.7 Å². The number of thiocarbonyl (C=S) groups is 1. The number of aliphatic hydroxyl groups is 1. The first kappa shape index (κ1) is 50.4. The van der Waals surface area contributed by atoms with Gasteiger partial charge in [-0.3, -0.25) is 24.1 Å². The Bertz CT molecular complexity index is 2440. The molecule has 0 bridgehead atoms. The number of carbonyl (C=O) groups is 4. The number of rotatable bonds is 20. The van der Waals surface area contributed by atoms with Crippen LogP contribution in [0, 0.1) is 22.6 Å². The van der Waals surface area contributed by atoms with Crippen LogP contribution in [0.2, 0.25) is 5.02 Å². The predicted molar refractivity (Wildman–Crippen MR) is 251 cm³/mol. The van der Waals surface area contributed by atoms with Crippen LogP contribution in [0.4, 0.5) is 15.8 Å². The van der Waals surface area contributed by atoms with Crippen molar-refractivity contribution in [2.75, 3.05) is 49.4 Å². The standard InChI is InChI=1S/C48H55ClFN7O9S/c1-47(2,3)42(44(61)55-27-34(58)22-39(55)43(60)53-25-30-9-11-31(12-10-30)40-26-52-29-66-40)54-41(59)28-64-19-8-18-63-17-6-7-20-65-35-15-13-33(14-16-35)57-46(67)56(45(62)48(57,4)5)38-23-36(49)32(24-51)21-37(38)50/h9-16,21,23,26,29,34,39,42,58H,6-8,17-20,22,25,27-28H2,1-5H3,(H,53,60)(H,54,59)/t34-,39+,42?/m1/s1. The summed E-state index contributed by atoms with van der Waals surface area (Å²) in [4.78, 5) is 61.7. The van der Waals surface area contributed by atoms with Crippen molar-refractivity contribution < 1.29 is 47.3 Å². The summed E-state index contributed by atoms with van der Waals surface area (Å²) in [7, 11) is 0. The summed E-state index contributed by atoms with van der Waals surface area (Å²) < 4.78 is 37.6. The van der Waals surface area contributed by atoms with Crippen LogP contribution in [-0.4, -0.2) is 107 Å². The lowest BCUT2D eigenvalue weighted by Crippen LogP contribution is -2.58. The largest absolute Gasteiger partial charge is 0.494 e. The van der Waals surface area contributed by atoms with Crippen molar-refractivity contribution in [1.29, 1.82) is 5.26 Å². The molecule has 4 aromatic rings. The number of nitrogens with zero attached hydrogens (tertiary/aromatic N) is 5. The second kappa shape index (κ2) is 22.2. The van der Waals surface area contributed by atoms with Crippen LogP contribution in [0.5, 0.6) is 5.75 Å². The fraction of sp³-hybridized carbons (Fsp3) is 0.438. The lowest BCUT2D eigenvalue weighted by Gasteiger charge is -2.35. The number of aromatic nitrogens is 1. The molecule has 0 spiro atoms. The number of halogens is 2. The molecule has 3 N–H and O–H groups in total. The van der Waals surface area contributed by atoms with Gasteiger partial charge in [0.05, 0.1) is 35.2 Å². The van der Waals surface area contributed by atoms with Crippen LogP contribution < -0.4 is 25.2 Å². The maximum atomic E-state index is 15.0. The molecular formula is C48H55ClFN7O9S. The van der Waals surface area contributed by atoms with Crippen LogP contribution in [0.3, 0.4) is 0 Å². The van der Waals surface area contributed by atoms with E-state index in [9.17, 15) is 29.5 Å². The highest BCUT2D eigenvalue weighted by Crippen LogP contribution is 2.39. The second-order valence-electron chi connectivity index (χ2n) is 17.8. The zero-order valence-electron chi connectivity index (χ0n) is 38.1. The van der Waals surface area contributed by atoms with Crippen LogP contribution in [-0.2, 0) is 35.2 Å². The first-order chi connectivity index (χ1) is 31.9. The summed E-state index contributed by atoms with van der Waals surface area (Å²) in [5.74, 6) is -1.35. The van der Waals surface area contributed by atoms with E-state index in [0.29, 0.717) is 43.4 Å². The fourth-order valence-electron chi connectivity index (χ4n) is 7.73. The number of likely N-dealkylation sites (tertiary alicyclic amines) is 1. The quantitative estimate of drug-likeness (QED) is 0.0658. The van der Waals surface area contributed by atoms with Gasteiger partial charge in [0.15, 0.2) is 17.3 Å². The number of ether oxygens (including phenoxy) is 3. The molecule has 67 heavy (non-hydrogen) atoms. The molecule has 2 aliphatic heterocycles. The first-order valence-electron chi connectivity index (χ1n) is 21.9. The van der Waals surface area contributed by atoms with Gasteiger partial charge in [-0.2, -0.15) is 5.26 Å². The van der Waals surface area contributed by atoms with E-state index in [4.69, 9.17) is 42.4 Å². The molecule has 356 valence electrons. The van der Waals surface area contributed by atoms with Crippen molar-refractivity contribution in [3.63, 3.8) is 0 Å². The fourth-order valence-corrected chi connectivity index (χ4v) is 8.44. The van der Waals surface area contributed by atoms with Crippen LogP contribution >= 0.6 is 23.8 Å². The summed E-state index contributed by atoms with van der Waals surface area (Å²) in [5, 5.41) is 25.5. The molecule has 3 heterocycles. The van der Waals surface area contributed by atoms with E-state index >= 15 is 4.39 Å². The molecule has 3 atom stereocenters. The Labute approximate surface area is 399 Å².